The van der Waals surface area contributed by atoms with E-state index in [1.54, 1.807) is 6.21 Å². The second-order valence-electron chi connectivity index (χ2n) is 4.11. The van der Waals surface area contributed by atoms with E-state index in [9.17, 15) is 4.79 Å². The van der Waals surface area contributed by atoms with Crippen LogP contribution in [0, 0.1) is 6.92 Å². The first-order chi connectivity index (χ1) is 8.24. The fourth-order valence-electron chi connectivity index (χ4n) is 1.50. The minimum Gasteiger partial charge on any atom is -0.273 e. The van der Waals surface area contributed by atoms with Gasteiger partial charge in [0, 0.05) is 6.42 Å². The van der Waals surface area contributed by atoms with Gasteiger partial charge in [-0.2, -0.15) is 5.10 Å². The van der Waals surface area contributed by atoms with Gasteiger partial charge in [0.2, 0.25) is 5.91 Å². The van der Waals surface area contributed by atoms with Crippen molar-refractivity contribution in [1.29, 1.82) is 0 Å². The van der Waals surface area contributed by atoms with Gasteiger partial charge in [-0.3, -0.25) is 4.79 Å². The first-order valence-corrected chi connectivity index (χ1v) is 6.11. The number of hydrogen-bond donors (Lipinski definition) is 1. The third-order valence-electron chi connectivity index (χ3n) is 2.59. The van der Waals surface area contributed by atoms with E-state index >= 15 is 0 Å². The molecule has 0 fully saturated rings. The summed E-state index contributed by atoms with van der Waals surface area (Å²) < 4.78 is 0. The minimum absolute atomic E-state index is 0.0108. The van der Waals surface area contributed by atoms with Crippen LogP contribution in [0.1, 0.15) is 43.7 Å². The highest BCUT2D eigenvalue weighted by molar-refractivity contribution is 5.83. The molecule has 0 saturated carbocycles. The van der Waals surface area contributed by atoms with Gasteiger partial charge in [-0.15, -0.1) is 0 Å². The van der Waals surface area contributed by atoms with Crippen LogP contribution in [0.25, 0.3) is 0 Å². The summed E-state index contributed by atoms with van der Waals surface area (Å²) in [6.45, 7) is 4.14. The highest BCUT2D eigenvalue weighted by Gasteiger charge is 1.98. The van der Waals surface area contributed by atoms with Gasteiger partial charge in [-0.05, 0) is 24.5 Å². The predicted octanol–water partition coefficient (Wildman–Crippen LogP) is 3.03. The molecule has 0 aliphatic carbocycles. The van der Waals surface area contributed by atoms with Crippen LogP contribution >= 0.6 is 0 Å². The number of unbranched alkanes of at least 4 members (excludes halogenated alkanes) is 2. The molecule has 0 aliphatic rings. The van der Waals surface area contributed by atoms with Crippen molar-refractivity contribution in [3.8, 4) is 0 Å². The molecule has 1 rings (SSSR count). The molecule has 0 heterocycles. The molecule has 1 aromatic carbocycles. The molecule has 0 aliphatic heterocycles. The number of carbonyl (C=O) groups is 1. The molecule has 0 bridgehead atoms. The molecular weight excluding hydrogens is 212 g/mol. The highest BCUT2D eigenvalue weighted by Crippen LogP contribution is 2.03. The van der Waals surface area contributed by atoms with Gasteiger partial charge in [0.15, 0.2) is 0 Å². The maximum absolute atomic E-state index is 11.4. The fraction of sp³-hybridized carbons (Fsp3) is 0.429. The molecule has 1 amide bonds. The standard InChI is InChI=1S/C14H20N2O/c1-3-4-5-10-14(17)16-15-11-13-9-7-6-8-12(13)2/h6-9,11H,3-5,10H2,1-2H3,(H,16,17)/b15-11+. The smallest absolute Gasteiger partial charge is 0.240 e. The number of aryl methyl sites for hydroxylation is 1. The third-order valence-corrected chi connectivity index (χ3v) is 2.59. The SMILES string of the molecule is CCCCCC(=O)N/N=C/c1ccccc1C. The lowest BCUT2D eigenvalue weighted by atomic mass is 10.1. The van der Waals surface area contributed by atoms with Crippen molar-refractivity contribution < 1.29 is 4.79 Å². The quantitative estimate of drug-likeness (QED) is 0.457. The summed E-state index contributed by atoms with van der Waals surface area (Å²) in [7, 11) is 0. The molecular formula is C14H20N2O. The summed E-state index contributed by atoms with van der Waals surface area (Å²) in [5.74, 6) is -0.0108. The van der Waals surface area contributed by atoms with Crippen LogP contribution < -0.4 is 5.43 Å². The Morgan fingerprint density at radius 3 is 2.82 bits per heavy atom. The minimum atomic E-state index is -0.0108. The number of hydrazone groups is 1. The Hall–Kier alpha value is -1.64. The largest absolute Gasteiger partial charge is 0.273 e. The van der Waals surface area contributed by atoms with E-state index in [4.69, 9.17) is 0 Å². The topological polar surface area (TPSA) is 41.5 Å². The van der Waals surface area contributed by atoms with Crippen molar-refractivity contribution in [3.05, 3.63) is 35.4 Å². The van der Waals surface area contributed by atoms with Gasteiger partial charge in [0.1, 0.15) is 0 Å². The summed E-state index contributed by atoms with van der Waals surface area (Å²) >= 11 is 0. The lowest BCUT2D eigenvalue weighted by Crippen LogP contribution is -2.16. The fourth-order valence-corrected chi connectivity index (χ4v) is 1.50. The van der Waals surface area contributed by atoms with Gasteiger partial charge in [0.05, 0.1) is 6.21 Å². The Balaban J connectivity index is 2.35. The highest BCUT2D eigenvalue weighted by atomic mass is 16.2. The van der Waals surface area contributed by atoms with Crippen molar-refractivity contribution in [2.45, 2.75) is 39.5 Å². The summed E-state index contributed by atoms with van der Waals surface area (Å²) in [5.41, 5.74) is 4.73. The lowest BCUT2D eigenvalue weighted by molar-refractivity contribution is -0.121. The number of nitrogens with zero attached hydrogens (tertiary/aromatic N) is 1. The maximum atomic E-state index is 11.4. The summed E-state index contributed by atoms with van der Waals surface area (Å²) in [5, 5.41) is 3.96. The van der Waals surface area contributed by atoms with Crippen LogP contribution in [0.15, 0.2) is 29.4 Å². The van der Waals surface area contributed by atoms with E-state index < -0.39 is 0 Å². The van der Waals surface area contributed by atoms with E-state index in [1.807, 2.05) is 31.2 Å². The zero-order valence-corrected chi connectivity index (χ0v) is 10.6. The molecule has 17 heavy (non-hydrogen) atoms. The van der Waals surface area contributed by atoms with Crippen molar-refractivity contribution in [1.82, 2.24) is 5.43 Å². The first kappa shape index (κ1) is 13.4. The van der Waals surface area contributed by atoms with Crippen LogP contribution in [0.2, 0.25) is 0 Å². The molecule has 0 saturated heterocycles. The number of carbonyl (C=O) groups excluding carboxylic acids is 1. The molecule has 0 atom stereocenters. The molecule has 0 radical (unpaired) electrons. The molecule has 1 N–H and O–H groups in total. The average molecular weight is 232 g/mol. The molecule has 92 valence electrons. The van der Waals surface area contributed by atoms with Gasteiger partial charge in [-0.1, -0.05) is 44.0 Å². The Morgan fingerprint density at radius 2 is 2.12 bits per heavy atom. The third kappa shape index (κ3) is 5.29. The monoisotopic (exact) mass is 232 g/mol. The van der Waals surface area contributed by atoms with Crippen molar-refractivity contribution in [3.63, 3.8) is 0 Å². The Bertz CT molecular complexity index is 386. The van der Waals surface area contributed by atoms with Crippen LogP contribution in [0.4, 0.5) is 0 Å². The van der Waals surface area contributed by atoms with Crippen LogP contribution in [-0.2, 0) is 4.79 Å². The van der Waals surface area contributed by atoms with Crippen molar-refractivity contribution in [2.75, 3.05) is 0 Å². The van der Waals surface area contributed by atoms with Gasteiger partial charge >= 0.3 is 0 Å². The predicted molar refractivity (Wildman–Crippen MR) is 71.1 cm³/mol. The number of nitrogens with one attached hydrogen (secondary N) is 1. The molecule has 1 aromatic rings. The Morgan fingerprint density at radius 1 is 1.35 bits per heavy atom. The molecule has 3 heteroatoms. The number of hydrogen-bond acceptors (Lipinski definition) is 2. The molecule has 0 aromatic heterocycles. The van der Waals surface area contributed by atoms with Crippen molar-refractivity contribution >= 4 is 12.1 Å². The Kier molecular flexibility index (Phi) is 6.00. The number of amides is 1. The van der Waals surface area contributed by atoms with E-state index in [0.717, 1.165) is 30.4 Å². The maximum Gasteiger partial charge on any atom is 0.240 e. The molecule has 0 unspecified atom stereocenters. The first-order valence-electron chi connectivity index (χ1n) is 6.11. The lowest BCUT2D eigenvalue weighted by Gasteiger charge is -2.00. The van der Waals surface area contributed by atoms with Crippen LogP contribution in [0.5, 0.6) is 0 Å². The summed E-state index contributed by atoms with van der Waals surface area (Å²) in [6, 6.07) is 7.93. The summed E-state index contributed by atoms with van der Waals surface area (Å²) in [4.78, 5) is 11.4. The van der Waals surface area contributed by atoms with Gasteiger partial charge in [-0.25, -0.2) is 5.43 Å². The summed E-state index contributed by atoms with van der Waals surface area (Å²) in [6.07, 6.45) is 5.39. The average Bonchev–Trinajstić information content (AvgIpc) is 2.32. The van der Waals surface area contributed by atoms with Gasteiger partial charge in [0.25, 0.3) is 0 Å². The Labute approximate surface area is 103 Å². The zero-order valence-electron chi connectivity index (χ0n) is 10.6. The van der Waals surface area contributed by atoms with E-state index in [0.29, 0.717) is 6.42 Å². The van der Waals surface area contributed by atoms with Gasteiger partial charge < -0.3 is 0 Å². The van der Waals surface area contributed by atoms with Crippen LogP contribution in [-0.4, -0.2) is 12.1 Å². The van der Waals surface area contributed by atoms with Crippen LogP contribution in [0.3, 0.4) is 0 Å². The number of benzene rings is 1. The molecule has 0 spiro atoms. The van der Waals surface area contributed by atoms with E-state index in [2.05, 4.69) is 17.5 Å². The van der Waals surface area contributed by atoms with E-state index in [-0.39, 0.29) is 5.91 Å². The normalized spacial score (nSPS) is 10.7. The molecule has 3 nitrogen and oxygen atoms in total. The number of rotatable bonds is 6. The van der Waals surface area contributed by atoms with E-state index in [1.165, 1.54) is 0 Å². The second-order valence-corrected chi connectivity index (χ2v) is 4.11. The zero-order chi connectivity index (χ0) is 12.5. The second kappa shape index (κ2) is 7.60. The van der Waals surface area contributed by atoms with Crippen molar-refractivity contribution in [2.24, 2.45) is 5.10 Å².